The summed E-state index contributed by atoms with van der Waals surface area (Å²) in [6, 6.07) is 3.28. The highest BCUT2D eigenvalue weighted by atomic mass is 16.5. The molecular weight excluding hydrogens is 410 g/mol. The number of amides is 1. The van der Waals surface area contributed by atoms with Gasteiger partial charge in [-0.05, 0) is 31.1 Å². The van der Waals surface area contributed by atoms with Crippen molar-refractivity contribution in [2.75, 3.05) is 27.4 Å². The Balaban J connectivity index is 1.64. The van der Waals surface area contributed by atoms with E-state index in [1.165, 1.54) is 18.0 Å². The molecule has 0 radical (unpaired) electrons. The molecule has 2 heterocycles. The summed E-state index contributed by atoms with van der Waals surface area (Å²) in [5.74, 6) is 0.627. The number of carbonyl (C=O) groups excluding carboxylic acids is 1. The van der Waals surface area contributed by atoms with Gasteiger partial charge in [0, 0.05) is 56.1 Å². The number of hydrogen-bond donors (Lipinski definition) is 2. The Morgan fingerprint density at radius 1 is 1.41 bits per heavy atom. The van der Waals surface area contributed by atoms with Gasteiger partial charge in [-0.2, -0.15) is 0 Å². The summed E-state index contributed by atoms with van der Waals surface area (Å²) in [7, 11) is 3.19. The first-order valence-electron chi connectivity index (χ1n) is 10.4. The molecule has 3 rings (SSSR count). The number of aromatic amines is 1. The van der Waals surface area contributed by atoms with Gasteiger partial charge in [-0.15, -0.1) is 6.58 Å². The van der Waals surface area contributed by atoms with Crippen molar-refractivity contribution in [1.29, 1.82) is 0 Å². The van der Waals surface area contributed by atoms with E-state index in [1.807, 2.05) is 0 Å². The minimum absolute atomic E-state index is 0.0693. The van der Waals surface area contributed by atoms with E-state index in [0.717, 1.165) is 12.8 Å². The fraction of sp³-hybridized carbons (Fsp3) is 0.391. The Bertz CT molecular complexity index is 1050. The van der Waals surface area contributed by atoms with Gasteiger partial charge in [0.05, 0.1) is 19.3 Å². The molecule has 2 aromatic rings. The van der Waals surface area contributed by atoms with E-state index in [2.05, 4.69) is 27.0 Å². The second-order valence-electron chi connectivity index (χ2n) is 7.75. The van der Waals surface area contributed by atoms with Gasteiger partial charge in [0.15, 0.2) is 5.82 Å². The second kappa shape index (κ2) is 10.7. The van der Waals surface area contributed by atoms with Crippen molar-refractivity contribution in [2.45, 2.75) is 25.7 Å². The zero-order valence-corrected chi connectivity index (χ0v) is 18.5. The molecule has 9 heteroatoms. The van der Waals surface area contributed by atoms with Gasteiger partial charge in [0.2, 0.25) is 5.88 Å². The van der Waals surface area contributed by atoms with Crippen LogP contribution in [-0.2, 0) is 15.9 Å². The third kappa shape index (κ3) is 5.82. The molecule has 1 aliphatic carbocycles. The number of ether oxygens (including phenoxy) is 2. The number of H-pyrrole nitrogens is 1. The van der Waals surface area contributed by atoms with E-state index in [4.69, 9.17) is 9.47 Å². The number of nitrogens with one attached hydrogen (secondary N) is 2. The maximum absolute atomic E-state index is 12.7. The summed E-state index contributed by atoms with van der Waals surface area (Å²) in [4.78, 5) is 33.6. The molecule has 9 nitrogen and oxygen atoms in total. The topological polar surface area (TPSA) is 111 Å². The lowest BCUT2D eigenvalue weighted by Crippen LogP contribution is -2.32. The number of pyridine rings is 1. The van der Waals surface area contributed by atoms with Crippen LogP contribution in [0, 0.1) is 5.41 Å². The molecule has 32 heavy (non-hydrogen) atoms. The van der Waals surface area contributed by atoms with Crippen molar-refractivity contribution in [3.8, 4) is 5.82 Å². The van der Waals surface area contributed by atoms with Crippen LogP contribution in [0.25, 0.3) is 5.82 Å². The second-order valence-corrected chi connectivity index (χ2v) is 7.75. The highest BCUT2D eigenvalue weighted by molar-refractivity contribution is 5.94. The summed E-state index contributed by atoms with van der Waals surface area (Å²) in [5.41, 5.74) is 0.813. The highest BCUT2D eigenvalue weighted by Crippen LogP contribution is 2.45. The number of allylic oxidation sites excluding steroid dienone is 2. The number of rotatable bonds is 12. The first-order chi connectivity index (χ1) is 15.5. The van der Waals surface area contributed by atoms with Gasteiger partial charge in [-0.1, -0.05) is 6.08 Å². The first-order valence-corrected chi connectivity index (χ1v) is 10.4. The molecule has 170 valence electrons. The minimum atomic E-state index is -0.230. The number of methoxy groups -OCH3 is 2. The fourth-order valence-corrected chi connectivity index (χ4v) is 3.20. The smallest absolute Gasteiger partial charge is 0.276 e. The third-order valence-corrected chi connectivity index (χ3v) is 5.31. The average molecular weight is 440 g/mol. The zero-order chi connectivity index (χ0) is 23.0. The molecule has 2 aromatic heterocycles. The predicted molar refractivity (Wildman–Crippen MR) is 122 cm³/mol. The molecule has 0 aliphatic heterocycles. The van der Waals surface area contributed by atoms with Gasteiger partial charge in [0.25, 0.3) is 11.5 Å². The Morgan fingerprint density at radius 2 is 2.22 bits per heavy atom. The van der Waals surface area contributed by atoms with Gasteiger partial charge in [-0.25, -0.2) is 14.7 Å². The SMILES string of the molecule is C=CCC=N/C(=C\Cc1c[nH]n(-c2ccc(C(=O)NCC3(COC)CC3)cn2)c1=O)OC. The number of carbonyl (C=O) groups is 1. The van der Waals surface area contributed by atoms with Crippen LogP contribution in [0.3, 0.4) is 0 Å². The standard InChI is InChI=1S/C23H29N5O4/c1-4-5-12-24-20(32-3)9-7-18-14-27-28(22(18)30)19-8-6-17(13-25-19)21(29)26-15-23(10-11-23)16-31-2/h4,6,8-9,12-14,27H,1,5,7,10-11,15-16H2,2-3H3,(H,26,29)/b20-9+,24-12?. The van der Waals surface area contributed by atoms with Crippen LogP contribution in [0.15, 0.2) is 58.9 Å². The molecule has 1 aliphatic rings. The highest BCUT2D eigenvalue weighted by Gasteiger charge is 2.42. The van der Waals surface area contributed by atoms with E-state index in [-0.39, 0.29) is 16.9 Å². The molecule has 1 saturated carbocycles. The maximum atomic E-state index is 12.7. The number of hydrogen-bond acceptors (Lipinski definition) is 6. The van der Waals surface area contributed by atoms with Crippen molar-refractivity contribution >= 4 is 12.1 Å². The molecule has 0 bridgehead atoms. The van der Waals surface area contributed by atoms with E-state index in [0.29, 0.717) is 48.8 Å². The number of aliphatic imine (C=N–C) groups is 1. The van der Waals surface area contributed by atoms with Crippen molar-refractivity contribution in [3.63, 3.8) is 0 Å². The molecule has 2 N–H and O–H groups in total. The van der Waals surface area contributed by atoms with Crippen LogP contribution in [0.4, 0.5) is 0 Å². The lowest BCUT2D eigenvalue weighted by Gasteiger charge is -2.14. The van der Waals surface area contributed by atoms with Crippen LogP contribution >= 0.6 is 0 Å². The van der Waals surface area contributed by atoms with Crippen molar-refractivity contribution in [1.82, 2.24) is 20.1 Å². The van der Waals surface area contributed by atoms with Crippen LogP contribution in [0.1, 0.15) is 35.2 Å². The van der Waals surface area contributed by atoms with E-state index >= 15 is 0 Å². The lowest BCUT2D eigenvalue weighted by molar-refractivity contribution is 0.0919. The van der Waals surface area contributed by atoms with Crippen LogP contribution < -0.4 is 10.9 Å². The molecule has 0 unspecified atom stereocenters. The normalized spacial score (nSPS) is 15.0. The summed E-state index contributed by atoms with van der Waals surface area (Å²) < 4.78 is 11.7. The monoisotopic (exact) mass is 439 g/mol. The van der Waals surface area contributed by atoms with Crippen molar-refractivity contribution < 1.29 is 14.3 Å². The van der Waals surface area contributed by atoms with Gasteiger partial charge < -0.3 is 14.8 Å². The summed E-state index contributed by atoms with van der Waals surface area (Å²) in [6.45, 7) is 4.85. The van der Waals surface area contributed by atoms with Gasteiger partial charge >= 0.3 is 0 Å². The minimum Gasteiger partial charge on any atom is -0.481 e. The van der Waals surface area contributed by atoms with Crippen LogP contribution in [0.2, 0.25) is 0 Å². The Morgan fingerprint density at radius 3 is 2.84 bits per heavy atom. The molecule has 0 aromatic carbocycles. The predicted octanol–water partition coefficient (Wildman–Crippen LogP) is 2.39. The first kappa shape index (κ1) is 23.2. The van der Waals surface area contributed by atoms with Gasteiger partial charge in [-0.3, -0.25) is 14.7 Å². The van der Waals surface area contributed by atoms with Crippen LogP contribution in [-0.4, -0.2) is 54.3 Å². The average Bonchev–Trinajstić information content (AvgIpc) is 3.48. The molecule has 0 spiro atoms. The Hall–Kier alpha value is -3.46. The molecule has 0 saturated heterocycles. The van der Waals surface area contributed by atoms with E-state index in [9.17, 15) is 9.59 Å². The Labute approximate surface area is 186 Å². The van der Waals surface area contributed by atoms with Crippen LogP contribution in [0.5, 0.6) is 0 Å². The summed E-state index contributed by atoms with van der Waals surface area (Å²) >= 11 is 0. The van der Waals surface area contributed by atoms with Gasteiger partial charge in [0.1, 0.15) is 0 Å². The Kier molecular flexibility index (Phi) is 7.77. The van der Waals surface area contributed by atoms with Crippen molar-refractivity contribution in [3.05, 3.63) is 70.6 Å². The quantitative estimate of drug-likeness (QED) is 0.300. The molecular formula is C23H29N5O4. The largest absolute Gasteiger partial charge is 0.481 e. The molecule has 1 fully saturated rings. The van der Waals surface area contributed by atoms with E-state index in [1.54, 1.807) is 43.8 Å². The molecule has 0 atom stereocenters. The van der Waals surface area contributed by atoms with E-state index < -0.39 is 0 Å². The zero-order valence-electron chi connectivity index (χ0n) is 18.5. The summed E-state index contributed by atoms with van der Waals surface area (Å²) in [6.07, 6.45) is 11.3. The lowest BCUT2D eigenvalue weighted by atomic mass is 10.1. The molecule has 1 amide bonds. The summed E-state index contributed by atoms with van der Waals surface area (Å²) in [5, 5.41) is 5.85. The number of nitrogens with zero attached hydrogens (tertiary/aromatic N) is 3. The third-order valence-electron chi connectivity index (χ3n) is 5.31. The number of aromatic nitrogens is 3. The fourth-order valence-electron chi connectivity index (χ4n) is 3.20. The van der Waals surface area contributed by atoms with Crippen molar-refractivity contribution in [2.24, 2.45) is 10.4 Å². The maximum Gasteiger partial charge on any atom is 0.276 e.